The van der Waals surface area contributed by atoms with Crippen LogP contribution in [0.4, 0.5) is 17.6 Å². The van der Waals surface area contributed by atoms with Gasteiger partial charge in [0.05, 0.1) is 0 Å². The second-order valence-electron chi connectivity index (χ2n) is 6.94. The topological polar surface area (TPSA) is 0 Å². The molecule has 0 radical (unpaired) electrons. The average molecular weight is 358 g/mol. The molecule has 3 aromatic rings. The molecule has 4 rings (SSSR count). The normalized spacial score (nSPS) is 16.7. The Morgan fingerprint density at radius 2 is 1.73 bits per heavy atom. The second kappa shape index (κ2) is 6.42. The lowest BCUT2D eigenvalue weighted by Gasteiger charge is -2.26. The van der Waals surface area contributed by atoms with Gasteiger partial charge in [-0.1, -0.05) is 37.3 Å². The minimum atomic E-state index is -1.43. The van der Waals surface area contributed by atoms with Crippen molar-refractivity contribution in [3.63, 3.8) is 0 Å². The van der Waals surface area contributed by atoms with Gasteiger partial charge < -0.3 is 0 Å². The Morgan fingerprint density at radius 3 is 2.50 bits per heavy atom. The zero-order valence-electron chi connectivity index (χ0n) is 14.4. The first-order valence-electron chi connectivity index (χ1n) is 8.85. The van der Waals surface area contributed by atoms with E-state index in [0.29, 0.717) is 29.4 Å². The maximum absolute atomic E-state index is 15.1. The molecular weight excluding hydrogens is 340 g/mol. The van der Waals surface area contributed by atoms with Gasteiger partial charge in [-0.05, 0) is 65.3 Å². The maximum Gasteiger partial charge on any atom is 0.194 e. The highest BCUT2D eigenvalue weighted by molar-refractivity contribution is 5.84. The molecule has 26 heavy (non-hydrogen) atoms. The summed E-state index contributed by atoms with van der Waals surface area (Å²) in [6.45, 7) is 2.05. The molecule has 0 fully saturated rings. The van der Waals surface area contributed by atoms with Crippen LogP contribution < -0.4 is 0 Å². The number of benzene rings is 3. The van der Waals surface area contributed by atoms with E-state index in [-0.39, 0.29) is 23.7 Å². The predicted molar refractivity (Wildman–Crippen MR) is 94.4 cm³/mol. The quantitative estimate of drug-likeness (QED) is 0.376. The van der Waals surface area contributed by atoms with Crippen LogP contribution >= 0.6 is 0 Å². The van der Waals surface area contributed by atoms with Crippen molar-refractivity contribution in [2.45, 2.75) is 38.5 Å². The Labute approximate surface area is 149 Å². The van der Waals surface area contributed by atoms with Crippen LogP contribution in [-0.2, 0) is 19.3 Å². The molecule has 1 atom stereocenters. The minimum absolute atomic E-state index is 0.179. The van der Waals surface area contributed by atoms with Crippen LogP contribution in [-0.4, -0.2) is 0 Å². The molecule has 0 saturated carbocycles. The molecule has 0 spiro atoms. The molecule has 4 heteroatoms. The van der Waals surface area contributed by atoms with Crippen LogP contribution in [0.3, 0.4) is 0 Å². The molecule has 134 valence electrons. The van der Waals surface area contributed by atoms with Crippen molar-refractivity contribution in [3.8, 4) is 0 Å². The average Bonchev–Trinajstić information content (AvgIpc) is 2.66. The second-order valence-corrected chi connectivity index (χ2v) is 6.94. The number of hydrogen-bond acceptors (Lipinski definition) is 0. The fourth-order valence-electron chi connectivity index (χ4n) is 3.98. The van der Waals surface area contributed by atoms with Gasteiger partial charge in [0, 0.05) is 5.39 Å². The lowest BCUT2D eigenvalue weighted by molar-refractivity contribution is 0.427. The van der Waals surface area contributed by atoms with Crippen LogP contribution in [0.25, 0.3) is 10.8 Å². The van der Waals surface area contributed by atoms with E-state index in [1.54, 1.807) is 12.1 Å². The minimum Gasteiger partial charge on any atom is -0.206 e. The van der Waals surface area contributed by atoms with Crippen LogP contribution in [0.5, 0.6) is 0 Å². The summed E-state index contributed by atoms with van der Waals surface area (Å²) >= 11 is 0. The van der Waals surface area contributed by atoms with Gasteiger partial charge in [0.1, 0.15) is 5.82 Å². The van der Waals surface area contributed by atoms with Gasteiger partial charge >= 0.3 is 0 Å². The van der Waals surface area contributed by atoms with E-state index in [1.165, 1.54) is 0 Å². The molecule has 0 nitrogen and oxygen atoms in total. The van der Waals surface area contributed by atoms with Crippen molar-refractivity contribution >= 4 is 10.8 Å². The van der Waals surface area contributed by atoms with Crippen LogP contribution in [0, 0.1) is 23.3 Å². The van der Waals surface area contributed by atoms with E-state index >= 15 is 4.39 Å². The van der Waals surface area contributed by atoms with Gasteiger partial charge in [0.25, 0.3) is 0 Å². The SMILES string of the molecule is CCc1ccc2c(F)c(C3CCc4c(cc(F)c(F)c4F)C3)ccc2c1. The Hall–Kier alpha value is -2.36. The van der Waals surface area contributed by atoms with Gasteiger partial charge in [0.15, 0.2) is 17.5 Å². The van der Waals surface area contributed by atoms with Gasteiger partial charge in [-0.3, -0.25) is 0 Å². The summed E-state index contributed by atoms with van der Waals surface area (Å²) in [5.74, 6) is -4.17. The Kier molecular flexibility index (Phi) is 4.22. The van der Waals surface area contributed by atoms with Crippen molar-refractivity contribution < 1.29 is 17.6 Å². The Morgan fingerprint density at radius 1 is 0.923 bits per heavy atom. The Balaban J connectivity index is 1.74. The van der Waals surface area contributed by atoms with Gasteiger partial charge in [0.2, 0.25) is 0 Å². The van der Waals surface area contributed by atoms with Crippen molar-refractivity contribution in [1.82, 2.24) is 0 Å². The highest BCUT2D eigenvalue weighted by Crippen LogP contribution is 2.37. The number of rotatable bonds is 2. The molecule has 1 unspecified atom stereocenters. The summed E-state index contributed by atoms with van der Waals surface area (Å²) in [6.07, 6.45) is 1.96. The number of halogens is 4. The summed E-state index contributed by atoms with van der Waals surface area (Å²) in [4.78, 5) is 0. The lowest BCUT2D eigenvalue weighted by atomic mass is 9.79. The third-order valence-electron chi connectivity index (χ3n) is 5.46. The zero-order valence-corrected chi connectivity index (χ0v) is 14.4. The van der Waals surface area contributed by atoms with Crippen molar-refractivity contribution in [2.24, 2.45) is 0 Å². The first kappa shape index (κ1) is 17.1. The standard InChI is InChI=1S/C22H18F4/c1-2-12-3-6-16-13(9-12)4-7-17(20(16)24)14-5-8-18-15(10-14)11-19(23)22(26)21(18)25/h3-4,6-7,9,11,14H,2,5,8,10H2,1H3. The Bertz CT molecular complexity index is 1010. The molecular formula is C22H18F4. The highest BCUT2D eigenvalue weighted by atomic mass is 19.2. The van der Waals surface area contributed by atoms with E-state index in [0.717, 1.165) is 23.4 Å². The van der Waals surface area contributed by atoms with Gasteiger partial charge in [-0.25, -0.2) is 17.6 Å². The van der Waals surface area contributed by atoms with Gasteiger partial charge in [-0.15, -0.1) is 0 Å². The summed E-state index contributed by atoms with van der Waals surface area (Å²) in [5.41, 5.74) is 2.34. The third kappa shape index (κ3) is 2.68. The largest absolute Gasteiger partial charge is 0.206 e. The van der Waals surface area contributed by atoms with Crippen molar-refractivity contribution in [1.29, 1.82) is 0 Å². The number of aryl methyl sites for hydroxylation is 1. The zero-order chi connectivity index (χ0) is 18.4. The molecule has 0 heterocycles. The van der Waals surface area contributed by atoms with Crippen LogP contribution in [0.1, 0.15) is 41.5 Å². The third-order valence-corrected chi connectivity index (χ3v) is 5.46. The first-order valence-corrected chi connectivity index (χ1v) is 8.85. The molecule has 0 aromatic heterocycles. The van der Waals surface area contributed by atoms with E-state index in [1.807, 2.05) is 25.1 Å². The first-order chi connectivity index (χ1) is 12.5. The number of fused-ring (bicyclic) bond motifs is 2. The van der Waals surface area contributed by atoms with E-state index in [2.05, 4.69) is 0 Å². The van der Waals surface area contributed by atoms with E-state index in [4.69, 9.17) is 0 Å². The monoisotopic (exact) mass is 358 g/mol. The highest BCUT2D eigenvalue weighted by Gasteiger charge is 2.28. The molecule has 0 amide bonds. The van der Waals surface area contributed by atoms with E-state index < -0.39 is 17.5 Å². The smallest absolute Gasteiger partial charge is 0.194 e. The van der Waals surface area contributed by atoms with Gasteiger partial charge in [-0.2, -0.15) is 0 Å². The summed E-state index contributed by atoms with van der Waals surface area (Å²) < 4.78 is 56.0. The van der Waals surface area contributed by atoms with Crippen molar-refractivity contribution in [2.75, 3.05) is 0 Å². The molecule has 0 N–H and O–H groups in total. The molecule has 1 aliphatic carbocycles. The fraction of sp³-hybridized carbons (Fsp3) is 0.273. The maximum atomic E-state index is 15.1. The van der Waals surface area contributed by atoms with Crippen molar-refractivity contribution in [3.05, 3.63) is 81.9 Å². The summed E-state index contributed by atoms with van der Waals surface area (Å²) in [7, 11) is 0. The molecule has 0 saturated heterocycles. The summed E-state index contributed by atoms with van der Waals surface area (Å²) in [5, 5.41) is 1.41. The molecule has 3 aromatic carbocycles. The fourth-order valence-corrected chi connectivity index (χ4v) is 3.98. The molecule has 0 bridgehead atoms. The molecule has 0 aliphatic heterocycles. The van der Waals surface area contributed by atoms with Crippen LogP contribution in [0.15, 0.2) is 36.4 Å². The predicted octanol–water partition coefficient (Wildman–Crippen LogP) is 6.23. The molecule has 1 aliphatic rings. The number of hydrogen-bond donors (Lipinski definition) is 0. The lowest BCUT2D eigenvalue weighted by Crippen LogP contribution is -2.17. The van der Waals surface area contributed by atoms with Crippen LogP contribution in [0.2, 0.25) is 0 Å². The summed E-state index contributed by atoms with van der Waals surface area (Å²) in [6, 6.07) is 10.4. The van der Waals surface area contributed by atoms with E-state index in [9.17, 15) is 13.2 Å².